The first-order valence-corrected chi connectivity index (χ1v) is 13.8. The highest BCUT2D eigenvalue weighted by Crippen LogP contribution is 2.24. The number of rotatable bonds is 2. The average Bonchev–Trinajstić information content (AvgIpc) is 2.92. The molecule has 212 valence electrons. The molecule has 2 aromatic carbocycles. The van der Waals surface area contributed by atoms with Gasteiger partial charge in [-0.1, -0.05) is 12.1 Å². The van der Waals surface area contributed by atoms with Gasteiger partial charge in [0.05, 0.1) is 5.56 Å². The molecule has 0 unspecified atom stereocenters. The van der Waals surface area contributed by atoms with Crippen LogP contribution in [-0.2, 0) is 17.6 Å². The number of fused-ring (bicyclic) bond motifs is 2. The van der Waals surface area contributed by atoms with E-state index < -0.39 is 11.6 Å². The summed E-state index contributed by atoms with van der Waals surface area (Å²) >= 11 is 0. The fraction of sp³-hybridized carbons (Fsp3) is 0.452. The lowest BCUT2D eigenvalue weighted by molar-refractivity contribution is 0.0140. The molecular formula is C31H36N2O7. The van der Waals surface area contributed by atoms with Crippen molar-refractivity contribution in [3.05, 3.63) is 69.8 Å². The molecule has 2 aromatic rings. The quantitative estimate of drug-likeness (QED) is 0.572. The van der Waals surface area contributed by atoms with E-state index >= 15 is 0 Å². The van der Waals surface area contributed by atoms with E-state index in [1.165, 1.54) is 6.07 Å². The zero-order valence-corrected chi connectivity index (χ0v) is 23.3. The highest BCUT2D eigenvalue weighted by molar-refractivity contribution is 6.01. The molecule has 9 heteroatoms. The summed E-state index contributed by atoms with van der Waals surface area (Å²) in [5.41, 5.74) is 3.65. The number of carbonyl (C=O) groups excluding carboxylic acids is 4. The third kappa shape index (κ3) is 6.94. The Balaban J connectivity index is 0.000000222. The Hall–Kier alpha value is -4.01. The molecule has 0 radical (unpaired) electrons. The summed E-state index contributed by atoms with van der Waals surface area (Å²) in [4.78, 5) is 62.3. The fourth-order valence-corrected chi connectivity index (χ4v) is 5.16. The summed E-state index contributed by atoms with van der Waals surface area (Å²) in [6, 6.07) is 10.1. The predicted molar refractivity (Wildman–Crippen MR) is 148 cm³/mol. The van der Waals surface area contributed by atoms with Crippen molar-refractivity contribution in [2.24, 2.45) is 0 Å². The molecule has 1 heterocycles. The normalized spacial score (nSPS) is 16.8. The van der Waals surface area contributed by atoms with Gasteiger partial charge < -0.3 is 19.6 Å². The van der Waals surface area contributed by atoms with Gasteiger partial charge in [0.15, 0.2) is 11.6 Å². The average molecular weight is 549 g/mol. The van der Waals surface area contributed by atoms with E-state index in [-0.39, 0.29) is 29.1 Å². The summed E-state index contributed by atoms with van der Waals surface area (Å²) in [7, 11) is 0. The molecule has 0 aromatic heterocycles. The number of ketones is 2. The maximum Gasteiger partial charge on any atom is 0.410 e. The largest absolute Gasteiger partial charge is 0.478 e. The molecule has 9 nitrogen and oxygen atoms in total. The molecule has 0 atom stereocenters. The Morgan fingerprint density at radius 1 is 0.725 bits per heavy atom. The molecule has 1 N–H and O–H groups in total. The molecule has 0 saturated carbocycles. The van der Waals surface area contributed by atoms with Gasteiger partial charge in [-0.05, 0) is 81.8 Å². The van der Waals surface area contributed by atoms with E-state index in [9.17, 15) is 24.0 Å². The lowest BCUT2D eigenvalue weighted by atomic mass is 9.89. The van der Waals surface area contributed by atoms with Gasteiger partial charge in [0, 0.05) is 55.7 Å². The first kappa shape index (κ1) is 29.0. The third-order valence-electron chi connectivity index (χ3n) is 7.22. The van der Waals surface area contributed by atoms with Gasteiger partial charge in [-0.15, -0.1) is 0 Å². The van der Waals surface area contributed by atoms with Crippen molar-refractivity contribution in [3.8, 4) is 0 Å². The van der Waals surface area contributed by atoms with Crippen LogP contribution in [0, 0.1) is 0 Å². The maximum absolute atomic E-state index is 12.8. The minimum Gasteiger partial charge on any atom is -0.478 e. The fourth-order valence-electron chi connectivity index (χ4n) is 5.16. The van der Waals surface area contributed by atoms with E-state index in [0.29, 0.717) is 50.1 Å². The summed E-state index contributed by atoms with van der Waals surface area (Å²) < 4.78 is 5.38. The van der Waals surface area contributed by atoms with Crippen molar-refractivity contribution in [1.82, 2.24) is 9.80 Å². The minimum atomic E-state index is -0.939. The van der Waals surface area contributed by atoms with Crippen LogP contribution in [0.5, 0.6) is 0 Å². The van der Waals surface area contributed by atoms with Crippen molar-refractivity contribution in [3.63, 3.8) is 0 Å². The monoisotopic (exact) mass is 548 g/mol. The van der Waals surface area contributed by atoms with E-state index in [4.69, 9.17) is 9.84 Å². The number of aromatic carboxylic acids is 1. The van der Waals surface area contributed by atoms with E-state index in [1.807, 2.05) is 26.8 Å². The molecule has 5 rings (SSSR count). The molecule has 40 heavy (non-hydrogen) atoms. The van der Waals surface area contributed by atoms with Crippen molar-refractivity contribution < 1.29 is 33.8 Å². The maximum atomic E-state index is 12.8. The van der Waals surface area contributed by atoms with Gasteiger partial charge in [0.2, 0.25) is 0 Å². The standard InChI is InChI=1S/C20H26N2O4.C11H10O3/c1-20(2,3)26-19(25)22-11-9-21(10-12-22)18(24)15-7-8-16-14(13-15)5-4-6-17(16)23;12-10-3-1-2-7-6-8(11(13)14)4-5-9(7)10/h7-8,13H,4-6,9-12H2,1-3H3;4-6H,1-3H2,(H,13,14). The molecule has 2 amide bonds. The first-order chi connectivity index (χ1) is 18.9. The topological polar surface area (TPSA) is 121 Å². The van der Waals surface area contributed by atoms with Crippen LogP contribution in [-0.4, -0.2) is 76.2 Å². The number of carboxylic acids is 1. The van der Waals surface area contributed by atoms with Crippen LogP contribution in [0.3, 0.4) is 0 Å². The van der Waals surface area contributed by atoms with E-state index in [0.717, 1.165) is 42.4 Å². The summed E-state index contributed by atoms with van der Waals surface area (Å²) in [5, 5.41) is 8.77. The van der Waals surface area contributed by atoms with Gasteiger partial charge in [-0.25, -0.2) is 9.59 Å². The lowest BCUT2D eigenvalue weighted by Gasteiger charge is -2.35. The first-order valence-electron chi connectivity index (χ1n) is 13.8. The Labute approximate surface area is 234 Å². The Morgan fingerprint density at radius 2 is 1.20 bits per heavy atom. The Morgan fingerprint density at radius 3 is 1.70 bits per heavy atom. The number of hydrogen-bond donors (Lipinski definition) is 1. The Bertz CT molecular complexity index is 1330. The lowest BCUT2D eigenvalue weighted by Crippen LogP contribution is -2.51. The molecule has 3 aliphatic rings. The number of nitrogens with zero attached hydrogens (tertiary/aromatic N) is 2. The van der Waals surface area contributed by atoms with Gasteiger partial charge in [0.25, 0.3) is 5.91 Å². The molecule has 2 aliphatic carbocycles. The molecule has 1 saturated heterocycles. The molecule has 0 spiro atoms. The van der Waals surface area contributed by atoms with Gasteiger partial charge in [-0.2, -0.15) is 0 Å². The number of carbonyl (C=O) groups is 5. The number of carboxylic acid groups (broad SMARTS) is 1. The second-order valence-electron chi connectivity index (χ2n) is 11.4. The third-order valence-corrected chi connectivity index (χ3v) is 7.22. The van der Waals surface area contributed by atoms with Crippen molar-refractivity contribution in [2.75, 3.05) is 26.2 Å². The van der Waals surface area contributed by atoms with Crippen LogP contribution in [0.1, 0.15) is 99.0 Å². The Kier molecular flexibility index (Phi) is 8.71. The molecular weight excluding hydrogens is 512 g/mol. The van der Waals surface area contributed by atoms with Gasteiger partial charge in [-0.3, -0.25) is 14.4 Å². The van der Waals surface area contributed by atoms with Crippen LogP contribution in [0.4, 0.5) is 4.79 Å². The van der Waals surface area contributed by atoms with Crippen LogP contribution < -0.4 is 0 Å². The second kappa shape index (κ2) is 12.0. The highest BCUT2D eigenvalue weighted by Gasteiger charge is 2.29. The summed E-state index contributed by atoms with van der Waals surface area (Å²) in [6.07, 6.45) is 4.16. The van der Waals surface area contributed by atoms with Gasteiger partial charge >= 0.3 is 12.1 Å². The van der Waals surface area contributed by atoms with Crippen LogP contribution in [0.25, 0.3) is 0 Å². The zero-order valence-electron chi connectivity index (χ0n) is 23.3. The van der Waals surface area contributed by atoms with Crippen molar-refractivity contribution in [2.45, 2.75) is 64.9 Å². The van der Waals surface area contributed by atoms with Crippen LogP contribution in [0.2, 0.25) is 0 Å². The van der Waals surface area contributed by atoms with E-state index in [1.54, 1.807) is 34.1 Å². The number of benzene rings is 2. The van der Waals surface area contributed by atoms with Crippen LogP contribution >= 0.6 is 0 Å². The van der Waals surface area contributed by atoms with E-state index in [2.05, 4.69) is 0 Å². The smallest absolute Gasteiger partial charge is 0.410 e. The number of amides is 2. The van der Waals surface area contributed by atoms with Gasteiger partial charge in [0.1, 0.15) is 5.60 Å². The highest BCUT2D eigenvalue weighted by atomic mass is 16.6. The summed E-state index contributed by atoms with van der Waals surface area (Å²) in [6.45, 7) is 7.40. The molecule has 1 aliphatic heterocycles. The number of aryl methyl sites for hydroxylation is 2. The number of ether oxygens (including phenoxy) is 1. The zero-order chi connectivity index (χ0) is 29.0. The second-order valence-corrected chi connectivity index (χ2v) is 11.4. The number of Topliss-reactive ketones (excluding diaryl/α,β-unsaturated/α-hetero) is 2. The SMILES string of the molecule is CC(C)(C)OC(=O)N1CCN(C(=O)c2ccc3c(c2)CCCC3=O)CC1.O=C(O)c1ccc2c(c1)CCCC2=O. The number of hydrogen-bond acceptors (Lipinski definition) is 6. The van der Waals surface area contributed by atoms with Crippen LogP contribution in [0.15, 0.2) is 36.4 Å². The summed E-state index contributed by atoms with van der Waals surface area (Å²) in [5.74, 6) is -0.695. The van der Waals surface area contributed by atoms with Crippen molar-refractivity contribution >= 4 is 29.5 Å². The molecule has 0 bridgehead atoms. The molecule has 1 fully saturated rings. The predicted octanol–water partition coefficient (Wildman–Crippen LogP) is 4.80. The minimum absolute atomic E-state index is 0.0466. The number of piperazine rings is 1. The van der Waals surface area contributed by atoms with Crippen molar-refractivity contribution in [1.29, 1.82) is 0 Å².